The summed E-state index contributed by atoms with van der Waals surface area (Å²) in [5.74, 6) is -1.22. The standard InChI is InChI=1S/C11H11N3O3/c1-5-8-9(15)7(11(16)17)4-12-10(8)14(13-5)6-2-3-6/h4,6H,2-3H2,1H3,(H,12,15)(H,16,17). The van der Waals surface area contributed by atoms with Crippen molar-refractivity contribution in [2.24, 2.45) is 0 Å². The molecular weight excluding hydrogens is 222 g/mol. The molecule has 6 nitrogen and oxygen atoms in total. The van der Waals surface area contributed by atoms with E-state index in [4.69, 9.17) is 5.11 Å². The predicted molar refractivity (Wildman–Crippen MR) is 60.3 cm³/mol. The smallest absolute Gasteiger partial charge is 0.341 e. The number of carboxylic acid groups (broad SMARTS) is 1. The van der Waals surface area contributed by atoms with Crippen molar-refractivity contribution in [3.05, 3.63) is 27.7 Å². The third-order valence-corrected chi connectivity index (χ3v) is 3.03. The minimum Gasteiger partial charge on any atom is -0.477 e. The van der Waals surface area contributed by atoms with Crippen LogP contribution in [0.15, 0.2) is 11.0 Å². The first-order chi connectivity index (χ1) is 8.09. The van der Waals surface area contributed by atoms with Crippen molar-refractivity contribution in [2.75, 3.05) is 0 Å². The van der Waals surface area contributed by atoms with Gasteiger partial charge in [-0.25, -0.2) is 9.48 Å². The lowest BCUT2D eigenvalue weighted by Gasteiger charge is -2.00. The number of rotatable bonds is 2. The number of nitrogens with zero attached hydrogens (tertiary/aromatic N) is 2. The van der Waals surface area contributed by atoms with Crippen LogP contribution in [-0.4, -0.2) is 25.8 Å². The second-order valence-corrected chi connectivity index (χ2v) is 4.32. The summed E-state index contributed by atoms with van der Waals surface area (Å²) in [6, 6.07) is 0.345. The zero-order valence-corrected chi connectivity index (χ0v) is 9.23. The van der Waals surface area contributed by atoms with E-state index in [9.17, 15) is 9.59 Å². The van der Waals surface area contributed by atoms with Crippen LogP contribution in [0.1, 0.15) is 34.9 Å². The number of hydrogen-bond donors (Lipinski definition) is 2. The van der Waals surface area contributed by atoms with E-state index in [1.807, 2.05) is 0 Å². The highest BCUT2D eigenvalue weighted by Crippen LogP contribution is 2.36. The summed E-state index contributed by atoms with van der Waals surface area (Å²) in [6.07, 6.45) is 3.35. The molecule has 3 rings (SSSR count). The van der Waals surface area contributed by atoms with Crippen LogP contribution in [0, 0.1) is 6.92 Å². The van der Waals surface area contributed by atoms with Crippen LogP contribution in [0.2, 0.25) is 0 Å². The average molecular weight is 233 g/mol. The van der Waals surface area contributed by atoms with E-state index < -0.39 is 11.4 Å². The van der Waals surface area contributed by atoms with E-state index in [1.54, 1.807) is 11.6 Å². The highest BCUT2D eigenvalue weighted by Gasteiger charge is 2.28. The van der Waals surface area contributed by atoms with Gasteiger partial charge in [-0.3, -0.25) is 4.79 Å². The molecule has 0 unspecified atom stereocenters. The molecule has 1 aliphatic carbocycles. The summed E-state index contributed by atoms with van der Waals surface area (Å²) < 4.78 is 1.79. The molecule has 0 atom stereocenters. The number of aryl methyl sites for hydroxylation is 1. The number of nitrogens with one attached hydrogen (secondary N) is 1. The van der Waals surface area contributed by atoms with Gasteiger partial charge >= 0.3 is 5.97 Å². The van der Waals surface area contributed by atoms with Crippen molar-refractivity contribution in [1.29, 1.82) is 0 Å². The van der Waals surface area contributed by atoms with Crippen molar-refractivity contribution in [2.45, 2.75) is 25.8 Å². The molecule has 6 heteroatoms. The first-order valence-corrected chi connectivity index (χ1v) is 5.43. The quantitative estimate of drug-likeness (QED) is 0.812. The zero-order chi connectivity index (χ0) is 12.2. The summed E-state index contributed by atoms with van der Waals surface area (Å²) in [7, 11) is 0. The van der Waals surface area contributed by atoms with Crippen LogP contribution in [0.25, 0.3) is 11.0 Å². The van der Waals surface area contributed by atoms with Crippen molar-refractivity contribution < 1.29 is 9.90 Å². The Morgan fingerprint density at radius 2 is 2.29 bits per heavy atom. The van der Waals surface area contributed by atoms with Gasteiger partial charge in [0, 0.05) is 6.20 Å². The molecule has 0 amide bonds. The maximum Gasteiger partial charge on any atom is 0.341 e. The molecule has 2 aromatic heterocycles. The Labute approximate surface area is 95.9 Å². The van der Waals surface area contributed by atoms with Gasteiger partial charge in [0.05, 0.1) is 17.1 Å². The van der Waals surface area contributed by atoms with Crippen LogP contribution in [0.3, 0.4) is 0 Å². The molecule has 1 saturated carbocycles. The first kappa shape index (κ1) is 10.1. The van der Waals surface area contributed by atoms with Gasteiger partial charge in [-0.1, -0.05) is 0 Å². The van der Waals surface area contributed by atoms with E-state index in [0.29, 0.717) is 22.8 Å². The minimum absolute atomic E-state index is 0.240. The Bertz CT molecular complexity index is 679. The maximum absolute atomic E-state index is 12.0. The molecule has 2 aromatic rings. The van der Waals surface area contributed by atoms with Gasteiger partial charge in [-0.05, 0) is 19.8 Å². The molecule has 88 valence electrons. The fourth-order valence-corrected chi connectivity index (χ4v) is 2.04. The van der Waals surface area contributed by atoms with Gasteiger partial charge in [-0.2, -0.15) is 5.10 Å². The van der Waals surface area contributed by atoms with Gasteiger partial charge in [0.15, 0.2) is 0 Å². The number of pyridine rings is 1. The maximum atomic E-state index is 12.0. The number of aromatic carboxylic acids is 1. The Morgan fingerprint density at radius 3 is 2.88 bits per heavy atom. The first-order valence-electron chi connectivity index (χ1n) is 5.43. The van der Waals surface area contributed by atoms with Crippen molar-refractivity contribution in [1.82, 2.24) is 14.8 Å². The molecule has 17 heavy (non-hydrogen) atoms. The van der Waals surface area contributed by atoms with E-state index in [-0.39, 0.29) is 5.56 Å². The molecule has 1 aliphatic rings. The molecular formula is C11H11N3O3. The fourth-order valence-electron chi connectivity index (χ4n) is 2.04. The van der Waals surface area contributed by atoms with E-state index in [2.05, 4.69) is 10.1 Å². The Morgan fingerprint density at radius 1 is 1.59 bits per heavy atom. The molecule has 0 aromatic carbocycles. The van der Waals surface area contributed by atoms with E-state index in [1.165, 1.54) is 6.20 Å². The SMILES string of the molecule is Cc1nn(C2CC2)c2[nH]cc(C(=O)O)c(=O)c12. The number of aromatic amines is 1. The largest absolute Gasteiger partial charge is 0.477 e. The third-order valence-electron chi connectivity index (χ3n) is 3.03. The summed E-state index contributed by atoms with van der Waals surface area (Å²) in [5.41, 5.74) is 0.503. The highest BCUT2D eigenvalue weighted by molar-refractivity contribution is 5.92. The highest BCUT2D eigenvalue weighted by atomic mass is 16.4. The third kappa shape index (κ3) is 1.37. The van der Waals surface area contributed by atoms with Crippen LogP contribution >= 0.6 is 0 Å². The summed E-state index contributed by atoms with van der Waals surface area (Å²) in [5, 5.41) is 13.6. The number of fused-ring (bicyclic) bond motifs is 1. The molecule has 1 fully saturated rings. The van der Waals surface area contributed by atoms with Crippen LogP contribution in [0.4, 0.5) is 0 Å². The minimum atomic E-state index is -1.22. The number of hydrogen-bond acceptors (Lipinski definition) is 3. The molecule has 0 bridgehead atoms. The lowest BCUT2D eigenvalue weighted by atomic mass is 10.2. The summed E-state index contributed by atoms with van der Waals surface area (Å²) in [4.78, 5) is 25.7. The fraction of sp³-hybridized carbons (Fsp3) is 0.364. The number of carboxylic acids is 1. The van der Waals surface area contributed by atoms with Gasteiger partial charge in [0.1, 0.15) is 11.2 Å². The summed E-state index contributed by atoms with van der Waals surface area (Å²) >= 11 is 0. The average Bonchev–Trinajstić information content (AvgIpc) is 3.04. The van der Waals surface area contributed by atoms with Gasteiger partial charge in [-0.15, -0.1) is 0 Å². The molecule has 0 radical (unpaired) electrons. The lowest BCUT2D eigenvalue weighted by molar-refractivity contribution is 0.0695. The van der Waals surface area contributed by atoms with Gasteiger partial charge in [0.25, 0.3) is 0 Å². The number of aromatic nitrogens is 3. The van der Waals surface area contributed by atoms with Gasteiger partial charge in [0.2, 0.25) is 5.43 Å². The summed E-state index contributed by atoms with van der Waals surface area (Å²) in [6.45, 7) is 1.72. The predicted octanol–water partition coefficient (Wildman–Crippen LogP) is 1.07. The van der Waals surface area contributed by atoms with E-state index in [0.717, 1.165) is 12.8 Å². The number of carbonyl (C=O) groups is 1. The topological polar surface area (TPSA) is 88.0 Å². The number of H-pyrrole nitrogens is 1. The van der Waals surface area contributed by atoms with Crippen LogP contribution in [-0.2, 0) is 0 Å². The lowest BCUT2D eigenvalue weighted by Crippen LogP contribution is -2.15. The van der Waals surface area contributed by atoms with Crippen molar-refractivity contribution in [3.63, 3.8) is 0 Å². The molecule has 0 spiro atoms. The molecule has 0 saturated heterocycles. The monoisotopic (exact) mass is 233 g/mol. The molecule has 2 heterocycles. The Kier molecular flexibility index (Phi) is 1.89. The second kappa shape index (κ2) is 3.19. The second-order valence-electron chi connectivity index (χ2n) is 4.32. The van der Waals surface area contributed by atoms with Crippen LogP contribution < -0.4 is 5.43 Å². The normalized spacial score (nSPS) is 15.4. The van der Waals surface area contributed by atoms with E-state index >= 15 is 0 Å². The molecule has 2 N–H and O–H groups in total. The zero-order valence-electron chi connectivity index (χ0n) is 9.23. The molecule has 0 aliphatic heterocycles. The Balaban J connectivity index is 2.37. The Hall–Kier alpha value is -2.11. The van der Waals surface area contributed by atoms with Crippen molar-refractivity contribution in [3.8, 4) is 0 Å². The van der Waals surface area contributed by atoms with Crippen molar-refractivity contribution >= 4 is 17.0 Å². The van der Waals surface area contributed by atoms with Crippen LogP contribution in [0.5, 0.6) is 0 Å². The van der Waals surface area contributed by atoms with Gasteiger partial charge < -0.3 is 10.1 Å².